The van der Waals surface area contributed by atoms with E-state index < -0.39 is 0 Å². The number of hydrogen-bond donors (Lipinski definition) is 1. The molecule has 2 saturated heterocycles. The quantitative estimate of drug-likeness (QED) is 0.887. The summed E-state index contributed by atoms with van der Waals surface area (Å²) in [5, 5.41) is 7.49. The highest BCUT2D eigenvalue weighted by Crippen LogP contribution is 2.39. The summed E-state index contributed by atoms with van der Waals surface area (Å²) in [6.07, 6.45) is 6.76. The zero-order valence-electron chi connectivity index (χ0n) is 15.2. The first kappa shape index (κ1) is 17.0. The third kappa shape index (κ3) is 4.06. The summed E-state index contributed by atoms with van der Waals surface area (Å²) in [6.45, 7) is 4.51. The van der Waals surface area contributed by atoms with Gasteiger partial charge in [0.05, 0.1) is 17.9 Å². The van der Waals surface area contributed by atoms with Crippen LogP contribution in [0.25, 0.3) is 0 Å². The largest absolute Gasteiger partial charge is 0.381 e. The molecule has 2 aliphatic heterocycles. The average molecular weight is 346 g/mol. The molecule has 1 amide bonds. The van der Waals surface area contributed by atoms with Gasteiger partial charge in [-0.15, -0.1) is 0 Å². The van der Waals surface area contributed by atoms with E-state index in [4.69, 9.17) is 4.74 Å². The first-order chi connectivity index (χ1) is 12.2. The summed E-state index contributed by atoms with van der Waals surface area (Å²) in [6, 6.07) is 2.79. The molecule has 1 aromatic heterocycles. The lowest BCUT2D eigenvalue weighted by molar-refractivity contribution is -0.136. The van der Waals surface area contributed by atoms with E-state index in [9.17, 15) is 4.79 Å². The van der Waals surface area contributed by atoms with Gasteiger partial charge in [0.2, 0.25) is 5.91 Å². The Morgan fingerprint density at radius 3 is 2.64 bits per heavy atom. The van der Waals surface area contributed by atoms with E-state index in [-0.39, 0.29) is 11.8 Å². The van der Waals surface area contributed by atoms with Crippen LogP contribution in [-0.4, -0.2) is 65.3 Å². The van der Waals surface area contributed by atoms with Crippen LogP contribution in [0.15, 0.2) is 6.07 Å². The van der Waals surface area contributed by atoms with Crippen molar-refractivity contribution in [1.29, 1.82) is 0 Å². The van der Waals surface area contributed by atoms with Crippen LogP contribution in [0.3, 0.4) is 0 Å². The SMILES string of the molecule is CN(Cc1cc(C2CC2)n[nH]1)C(=O)C1CCN(C2CCOCC2)CC1. The van der Waals surface area contributed by atoms with Crippen LogP contribution in [0.5, 0.6) is 0 Å². The van der Waals surface area contributed by atoms with E-state index in [1.54, 1.807) is 0 Å². The number of nitrogens with one attached hydrogen (secondary N) is 1. The fraction of sp³-hybridized carbons (Fsp3) is 0.789. The minimum Gasteiger partial charge on any atom is -0.381 e. The molecule has 0 bridgehead atoms. The smallest absolute Gasteiger partial charge is 0.225 e. The second-order valence-corrected chi connectivity index (χ2v) is 7.94. The van der Waals surface area contributed by atoms with Crippen LogP contribution in [0, 0.1) is 5.92 Å². The fourth-order valence-electron chi connectivity index (χ4n) is 4.26. The molecule has 0 radical (unpaired) electrons. The lowest BCUT2D eigenvalue weighted by atomic mass is 9.93. The zero-order chi connectivity index (χ0) is 17.2. The predicted molar refractivity (Wildman–Crippen MR) is 95.2 cm³/mol. The van der Waals surface area contributed by atoms with Crippen molar-refractivity contribution < 1.29 is 9.53 Å². The topological polar surface area (TPSA) is 61.5 Å². The normalized spacial score (nSPS) is 23.7. The molecule has 0 atom stereocenters. The summed E-state index contributed by atoms with van der Waals surface area (Å²) in [7, 11) is 1.92. The highest BCUT2D eigenvalue weighted by Gasteiger charge is 2.31. The Morgan fingerprint density at radius 2 is 1.96 bits per heavy atom. The number of piperidine rings is 1. The third-order valence-electron chi connectivity index (χ3n) is 6.02. The number of aromatic amines is 1. The van der Waals surface area contributed by atoms with E-state index >= 15 is 0 Å². The molecule has 3 heterocycles. The van der Waals surface area contributed by atoms with E-state index in [0.717, 1.165) is 57.7 Å². The summed E-state index contributed by atoms with van der Waals surface area (Å²) in [5.74, 6) is 1.11. The summed E-state index contributed by atoms with van der Waals surface area (Å²) in [4.78, 5) is 17.2. The van der Waals surface area contributed by atoms with Crippen molar-refractivity contribution >= 4 is 5.91 Å². The molecule has 25 heavy (non-hydrogen) atoms. The minimum atomic E-state index is 0.173. The molecule has 6 nitrogen and oxygen atoms in total. The summed E-state index contributed by atoms with van der Waals surface area (Å²) in [5.41, 5.74) is 2.22. The van der Waals surface area contributed by atoms with E-state index in [1.165, 1.54) is 18.5 Å². The number of hydrogen-bond acceptors (Lipinski definition) is 4. The second-order valence-electron chi connectivity index (χ2n) is 7.94. The lowest BCUT2D eigenvalue weighted by Crippen LogP contribution is -2.46. The molecule has 0 spiro atoms. The maximum atomic E-state index is 12.8. The van der Waals surface area contributed by atoms with Crippen molar-refractivity contribution in [2.75, 3.05) is 33.4 Å². The lowest BCUT2D eigenvalue weighted by Gasteiger charge is -2.39. The fourth-order valence-corrected chi connectivity index (χ4v) is 4.26. The van der Waals surface area contributed by atoms with Gasteiger partial charge >= 0.3 is 0 Å². The standard InChI is InChI=1S/C19H30N4O2/c1-22(13-16-12-18(21-20-16)14-2-3-14)19(24)15-4-8-23(9-5-15)17-6-10-25-11-7-17/h12,14-15,17H,2-11,13H2,1H3,(H,20,21). The van der Waals surface area contributed by atoms with Gasteiger partial charge in [0.25, 0.3) is 0 Å². The molecule has 138 valence electrons. The van der Waals surface area contributed by atoms with Crippen LogP contribution < -0.4 is 0 Å². The van der Waals surface area contributed by atoms with E-state index in [0.29, 0.717) is 18.5 Å². The highest BCUT2D eigenvalue weighted by atomic mass is 16.5. The number of aromatic nitrogens is 2. The summed E-state index contributed by atoms with van der Waals surface area (Å²) >= 11 is 0. The van der Waals surface area contributed by atoms with Crippen LogP contribution in [-0.2, 0) is 16.1 Å². The number of ether oxygens (including phenoxy) is 1. The predicted octanol–water partition coefficient (Wildman–Crippen LogP) is 2.14. The van der Waals surface area contributed by atoms with Crippen molar-refractivity contribution in [1.82, 2.24) is 20.0 Å². The molecule has 6 heteroatoms. The number of rotatable bonds is 5. The second kappa shape index (κ2) is 7.46. The minimum absolute atomic E-state index is 0.173. The van der Waals surface area contributed by atoms with Crippen molar-refractivity contribution in [3.8, 4) is 0 Å². The number of carbonyl (C=O) groups excluding carboxylic acids is 1. The maximum absolute atomic E-state index is 12.8. The van der Waals surface area contributed by atoms with E-state index in [1.807, 2.05) is 11.9 Å². The Bertz CT molecular complexity index is 584. The molecule has 1 saturated carbocycles. The molecule has 1 N–H and O–H groups in total. The molecule has 4 rings (SSSR count). The van der Waals surface area contributed by atoms with E-state index in [2.05, 4.69) is 21.2 Å². The molecule has 1 aliphatic carbocycles. The molecular weight excluding hydrogens is 316 g/mol. The van der Waals surface area contributed by atoms with Gasteiger partial charge in [-0.25, -0.2) is 0 Å². The molecule has 0 aromatic carbocycles. The van der Waals surface area contributed by atoms with Crippen LogP contribution in [0.2, 0.25) is 0 Å². The highest BCUT2D eigenvalue weighted by molar-refractivity contribution is 5.78. The monoisotopic (exact) mass is 346 g/mol. The van der Waals surface area contributed by atoms with Gasteiger partial charge in [-0.05, 0) is 57.7 Å². The van der Waals surface area contributed by atoms with Crippen LogP contribution >= 0.6 is 0 Å². The van der Waals surface area contributed by atoms with Gasteiger partial charge in [0.1, 0.15) is 0 Å². The number of nitrogens with zero attached hydrogens (tertiary/aromatic N) is 3. The Balaban J connectivity index is 1.25. The first-order valence-electron chi connectivity index (χ1n) is 9.81. The van der Waals surface area contributed by atoms with Gasteiger partial charge in [-0.2, -0.15) is 5.10 Å². The van der Waals surface area contributed by atoms with Crippen molar-refractivity contribution in [3.63, 3.8) is 0 Å². The van der Waals surface area contributed by atoms with Crippen LogP contribution in [0.4, 0.5) is 0 Å². The van der Waals surface area contributed by atoms with Crippen LogP contribution in [0.1, 0.15) is 55.8 Å². The van der Waals surface area contributed by atoms with Gasteiger partial charge in [-0.1, -0.05) is 0 Å². The van der Waals surface area contributed by atoms with Crippen molar-refractivity contribution in [3.05, 3.63) is 17.5 Å². The average Bonchev–Trinajstić information content (AvgIpc) is 3.41. The van der Waals surface area contributed by atoms with Crippen molar-refractivity contribution in [2.45, 2.75) is 57.0 Å². The maximum Gasteiger partial charge on any atom is 0.225 e. The summed E-state index contributed by atoms with van der Waals surface area (Å²) < 4.78 is 5.46. The third-order valence-corrected chi connectivity index (χ3v) is 6.02. The molecular formula is C19H30N4O2. The molecule has 3 fully saturated rings. The number of amides is 1. The first-order valence-corrected chi connectivity index (χ1v) is 9.81. The van der Waals surface area contributed by atoms with Gasteiger partial charge in [-0.3, -0.25) is 9.89 Å². The molecule has 3 aliphatic rings. The Morgan fingerprint density at radius 1 is 1.24 bits per heavy atom. The van der Waals surface area contributed by atoms with Gasteiger partial charge in [0, 0.05) is 38.1 Å². The number of carbonyl (C=O) groups is 1. The van der Waals surface area contributed by atoms with Gasteiger partial charge in [0.15, 0.2) is 0 Å². The molecule has 1 aromatic rings. The number of H-pyrrole nitrogens is 1. The van der Waals surface area contributed by atoms with Gasteiger partial charge < -0.3 is 14.5 Å². The Hall–Kier alpha value is -1.40. The Kier molecular flexibility index (Phi) is 5.08. The molecule has 0 unspecified atom stereocenters. The zero-order valence-corrected chi connectivity index (χ0v) is 15.2. The Labute approximate surface area is 149 Å². The number of likely N-dealkylation sites (tertiary alicyclic amines) is 1. The van der Waals surface area contributed by atoms with Crippen molar-refractivity contribution in [2.24, 2.45) is 5.92 Å².